The molecule has 1 aromatic heterocycles. The van der Waals surface area contributed by atoms with Crippen molar-refractivity contribution in [1.29, 1.82) is 0 Å². The van der Waals surface area contributed by atoms with Gasteiger partial charge in [0.2, 0.25) is 0 Å². The SMILES string of the molecule is O=C(Nc1ccccc1N1CCC(O)CC1)c1cscn1. The molecule has 0 atom stereocenters. The number of aliphatic hydroxyl groups is 1. The number of anilines is 2. The van der Waals surface area contributed by atoms with Crippen LogP contribution in [0.1, 0.15) is 23.3 Å². The van der Waals surface area contributed by atoms with E-state index in [1.807, 2.05) is 24.3 Å². The lowest BCUT2D eigenvalue weighted by Crippen LogP contribution is -2.36. The maximum atomic E-state index is 12.1. The predicted molar refractivity (Wildman–Crippen MR) is 84.0 cm³/mol. The van der Waals surface area contributed by atoms with Crippen LogP contribution >= 0.6 is 11.3 Å². The second-order valence-corrected chi connectivity index (χ2v) is 5.78. The lowest BCUT2D eigenvalue weighted by molar-refractivity contribution is 0.102. The molecular formula is C15H17N3O2S. The number of hydrogen-bond donors (Lipinski definition) is 2. The molecule has 1 aliphatic heterocycles. The number of thiazole rings is 1. The number of benzene rings is 1. The molecule has 0 bridgehead atoms. The van der Waals surface area contributed by atoms with Crippen LogP contribution in [0.3, 0.4) is 0 Å². The average Bonchev–Trinajstić information content (AvgIpc) is 3.03. The topological polar surface area (TPSA) is 65.5 Å². The molecule has 0 aliphatic carbocycles. The summed E-state index contributed by atoms with van der Waals surface area (Å²) in [6.07, 6.45) is 1.31. The summed E-state index contributed by atoms with van der Waals surface area (Å²) in [5.74, 6) is -0.194. The van der Waals surface area contributed by atoms with Crippen LogP contribution in [0.25, 0.3) is 0 Å². The molecule has 21 heavy (non-hydrogen) atoms. The lowest BCUT2D eigenvalue weighted by Gasteiger charge is -2.32. The van der Waals surface area contributed by atoms with Crippen molar-refractivity contribution in [3.05, 3.63) is 40.8 Å². The summed E-state index contributed by atoms with van der Waals surface area (Å²) in [7, 11) is 0. The Morgan fingerprint density at radius 1 is 1.33 bits per heavy atom. The van der Waals surface area contributed by atoms with Crippen molar-refractivity contribution in [2.75, 3.05) is 23.3 Å². The van der Waals surface area contributed by atoms with E-state index in [1.54, 1.807) is 10.9 Å². The first kappa shape index (κ1) is 14.0. The Balaban J connectivity index is 1.78. The number of carbonyl (C=O) groups excluding carboxylic acids is 1. The van der Waals surface area contributed by atoms with E-state index < -0.39 is 0 Å². The van der Waals surface area contributed by atoms with Gasteiger partial charge >= 0.3 is 0 Å². The Labute approximate surface area is 127 Å². The third kappa shape index (κ3) is 3.22. The Bertz CT molecular complexity index is 607. The Morgan fingerprint density at radius 3 is 2.81 bits per heavy atom. The molecule has 6 heteroatoms. The van der Waals surface area contributed by atoms with Gasteiger partial charge in [0.15, 0.2) is 0 Å². The van der Waals surface area contributed by atoms with Gasteiger partial charge in [0.25, 0.3) is 5.91 Å². The molecule has 1 amide bonds. The van der Waals surface area contributed by atoms with Gasteiger partial charge in [-0.3, -0.25) is 4.79 Å². The van der Waals surface area contributed by atoms with Gasteiger partial charge in [0.05, 0.1) is 23.0 Å². The normalized spacial score (nSPS) is 16.0. The van der Waals surface area contributed by atoms with Crippen LogP contribution in [0.15, 0.2) is 35.2 Å². The third-order valence-corrected chi connectivity index (χ3v) is 4.21. The van der Waals surface area contributed by atoms with Crippen molar-refractivity contribution in [1.82, 2.24) is 4.98 Å². The Kier molecular flexibility index (Phi) is 4.17. The number of piperidine rings is 1. The van der Waals surface area contributed by atoms with Crippen LogP contribution in [0, 0.1) is 0 Å². The second-order valence-electron chi connectivity index (χ2n) is 5.06. The molecule has 0 spiro atoms. The van der Waals surface area contributed by atoms with E-state index in [0.717, 1.165) is 37.3 Å². The largest absolute Gasteiger partial charge is 0.393 e. The van der Waals surface area contributed by atoms with E-state index >= 15 is 0 Å². The van der Waals surface area contributed by atoms with Crippen molar-refractivity contribution in [2.45, 2.75) is 18.9 Å². The Hall–Kier alpha value is -1.92. The summed E-state index contributed by atoms with van der Waals surface area (Å²) in [5, 5.41) is 14.3. The quantitative estimate of drug-likeness (QED) is 0.913. The number of nitrogens with one attached hydrogen (secondary N) is 1. The summed E-state index contributed by atoms with van der Waals surface area (Å²) in [6, 6.07) is 7.75. The molecule has 3 rings (SSSR count). The highest BCUT2D eigenvalue weighted by Crippen LogP contribution is 2.28. The summed E-state index contributed by atoms with van der Waals surface area (Å²) < 4.78 is 0. The number of rotatable bonds is 3. The number of amides is 1. The van der Waals surface area contributed by atoms with E-state index in [4.69, 9.17) is 0 Å². The zero-order valence-electron chi connectivity index (χ0n) is 11.5. The lowest BCUT2D eigenvalue weighted by atomic mass is 10.1. The van der Waals surface area contributed by atoms with Gasteiger partial charge < -0.3 is 15.3 Å². The molecule has 1 aromatic carbocycles. The number of nitrogens with zero attached hydrogens (tertiary/aromatic N) is 2. The minimum atomic E-state index is -0.210. The fourth-order valence-corrected chi connectivity index (χ4v) is 3.00. The van der Waals surface area contributed by atoms with Gasteiger partial charge in [0, 0.05) is 18.5 Å². The van der Waals surface area contributed by atoms with Crippen molar-refractivity contribution < 1.29 is 9.90 Å². The minimum absolute atomic E-state index is 0.194. The molecule has 0 radical (unpaired) electrons. The summed E-state index contributed by atoms with van der Waals surface area (Å²) >= 11 is 1.40. The molecule has 1 fully saturated rings. The van der Waals surface area contributed by atoms with Gasteiger partial charge in [-0.1, -0.05) is 12.1 Å². The zero-order valence-corrected chi connectivity index (χ0v) is 12.3. The first-order chi connectivity index (χ1) is 10.2. The van der Waals surface area contributed by atoms with Gasteiger partial charge in [-0.05, 0) is 25.0 Å². The van der Waals surface area contributed by atoms with Crippen LogP contribution in [0.4, 0.5) is 11.4 Å². The van der Waals surface area contributed by atoms with Crippen molar-refractivity contribution >= 4 is 28.6 Å². The van der Waals surface area contributed by atoms with Crippen molar-refractivity contribution in [3.63, 3.8) is 0 Å². The molecule has 0 unspecified atom stereocenters. The van der Waals surface area contributed by atoms with Crippen LogP contribution < -0.4 is 10.2 Å². The highest BCUT2D eigenvalue weighted by atomic mass is 32.1. The number of aliphatic hydroxyl groups excluding tert-OH is 1. The molecule has 2 N–H and O–H groups in total. The van der Waals surface area contributed by atoms with E-state index in [9.17, 15) is 9.90 Å². The monoisotopic (exact) mass is 303 g/mol. The highest BCUT2D eigenvalue weighted by molar-refractivity contribution is 7.07. The predicted octanol–water partition coefficient (Wildman–Crippen LogP) is 2.36. The van der Waals surface area contributed by atoms with Crippen LogP contribution in [0.5, 0.6) is 0 Å². The smallest absolute Gasteiger partial charge is 0.275 e. The van der Waals surface area contributed by atoms with Crippen molar-refractivity contribution in [2.24, 2.45) is 0 Å². The molecular weight excluding hydrogens is 286 g/mol. The summed E-state index contributed by atoms with van der Waals surface area (Å²) in [4.78, 5) is 18.4. The van der Waals surface area contributed by atoms with Crippen LogP contribution in [-0.4, -0.2) is 35.2 Å². The maximum absolute atomic E-state index is 12.1. The summed E-state index contributed by atoms with van der Waals surface area (Å²) in [5.41, 5.74) is 3.86. The maximum Gasteiger partial charge on any atom is 0.275 e. The molecule has 2 aromatic rings. The number of aromatic nitrogens is 1. The zero-order chi connectivity index (χ0) is 14.7. The number of carbonyl (C=O) groups is 1. The minimum Gasteiger partial charge on any atom is -0.393 e. The van der Waals surface area contributed by atoms with E-state index in [1.165, 1.54) is 11.3 Å². The fourth-order valence-electron chi connectivity index (χ4n) is 2.47. The first-order valence-corrected chi connectivity index (χ1v) is 7.90. The van der Waals surface area contributed by atoms with Crippen LogP contribution in [0.2, 0.25) is 0 Å². The van der Waals surface area contributed by atoms with Crippen LogP contribution in [-0.2, 0) is 0 Å². The molecule has 2 heterocycles. The molecule has 110 valence electrons. The number of para-hydroxylation sites is 2. The fraction of sp³-hybridized carbons (Fsp3) is 0.333. The standard InChI is InChI=1S/C15H17N3O2S/c19-11-5-7-18(8-6-11)14-4-2-1-3-12(14)17-15(20)13-9-21-10-16-13/h1-4,9-11,19H,5-8H2,(H,17,20). The first-order valence-electron chi connectivity index (χ1n) is 6.95. The molecule has 1 saturated heterocycles. The Morgan fingerprint density at radius 2 is 2.10 bits per heavy atom. The van der Waals surface area contributed by atoms with Gasteiger partial charge in [-0.2, -0.15) is 0 Å². The average molecular weight is 303 g/mol. The molecule has 1 aliphatic rings. The summed E-state index contributed by atoms with van der Waals surface area (Å²) in [6.45, 7) is 1.59. The molecule has 5 nitrogen and oxygen atoms in total. The number of hydrogen-bond acceptors (Lipinski definition) is 5. The van der Waals surface area contributed by atoms with Crippen molar-refractivity contribution in [3.8, 4) is 0 Å². The molecule has 0 saturated carbocycles. The van der Waals surface area contributed by atoms with E-state index in [2.05, 4.69) is 15.2 Å². The van der Waals surface area contributed by atoms with Gasteiger partial charge in [-0.25, -0.2) is 4.98 Å². The van der Waals surface area contributed by atoms with E-state index in [0.29, 0.717) is 5.69 Å². The third-order valence-electron chi connectivity index (χ3n) is 3.62. The van der Waals surface area contributed by atoms with Gasteiger partial charge in [-0.15, -0.1) is 11.3 Å². The van der Waals surface area contributed by atoms with E-state index in [-0.39, 0.29) is 12.0 Å². The van der Waals surface area contributed by atoms with Gasteiger partial charge in [0.1, 0.15) is 5.69 Å². The highest BCUT2D eigenvalue weighted by Gasteiger charge is 2.20. The second kappa shape index (κ2) is 6.24.